The van der Waals surface area contributed by atoms with Gasteiger partial charge in [0.05, 0.1) is 17.9 Å². The van der Waals surface area contributed by atoms with Crippen molar-refractivity contribution in [2.24, 2.45) is 0 Å². The van der Waals surface area contributed by atoms with E-state index < -0.39 is 12.0 Å². The number of pyridine rings is 1. The molecule has 110 valence electrons. The Bertz CT molecular complexity index is 684. The van der Waals surface area contributed by atoms with Crippen LogP contribution in [0.25, 0.3) is 0 Å². The number of nitrogens with zero attached hydrogens (tertiary/aromatic N) is 2. The molecule has 0 radical (unpaired) electrons. The van der Waals surface area contributed by atoms with Crippen molar-refractivity contribution in [3.8, 4) is 0 Å². The van der Waals surface area contributed by atoms with Crippen LogP contribution in [0.2, 0.25) is 0 Å². The third-order valence-electron chi connectivity index (χ3n) is 2.64. The Morgan fingerprint density at radius 2 is 2.05 bits per heavy atom. The third kappa shape index (κ3) is 3.99. The van der Waals surface area contributed by atoms with Gasteiger partial charge < -0.3 is 15.7 Å². The zero-order valence-electron chi connectivity index (χ0n) is 11.5. The summed E-state index contributed by atoms with van der Waals surface area (Å²) >= 11 is 1.18. The molecule has 0 aliphatic heterocycles. The third-order valence-corrected chi connectivity index (χ3v) is 3.49. The number of carbonyl (C=O) groups excluding carboxylic acids is 1. The number of urea groups is 1. The minimum atomic E-state index is -1.08. The van der Waals surface area contributed by atoms with Crippen molar-refractivity contribution in [1.29, 1.82) is 0 Å². The van der Waals surface area contributed by atoms with Crippen molar-refractivity contribution < 1.29 is 14.7 Å². The van der Waals surface area contributed by atoms with Gasteiger partial charge in [0.1, 0.15) is 5.01 Å². The molecule has 0 spiro atoms. The van der Waals surface area contributed by atoms with E-state index in [0.717, 1.165) is 11.4 Å². The van der Waals surface area contributed by atoms with Gasteiger partial charge in [-0.3, -0.25) is 4.98 Å². The van der Waals surface area contributed by atoms with Crippen LogP contribution in [-0.4, -0.2) is 27.1 Å². The Morgan fingerprint density at radius 1 is 1.29 bits per heavy atom. The van der Waals surface area contributed by atoms with Crippen LogP contribution >= 0.6 is 11.3 Å². The number of nitrogens with one attached hydrogen (secondary N) is 2. The van der Waals surface area contributed by atoms with Gasteiger partial charge in [-0.1, -0.05) is 0 Å². The first-order chi connectivity index (χ1) is 9.95. The fraction of sp³-hybridized carbons (Fsp3) is 0.231. The number of hydrogen-bond acceptors (Lipinski definition) is 5. The van der Waals surface area contributed by atoms with Crippen molar-refractivity contribution in [2.45, 2.75) is 20.4 Å². The van der Waals surface area contributed by atoms with E-state index in [1.54, 1.807) is 6.07 Å². The number of carboxylic acids is 1. The second-order valence-electron chi connectivity index (χ2n) is 4.32. The summed E-state index contributed by atoms with van der Waals surface area (Å²) in [6.07, 6.45) is 0. The highest BCUT2D eigenvalue weighted by Gasteiger charge is 2.10. The fourth-order valence-corrected chi connectivity index (χ4v) is 2.34. The maximum atomic E-state index is 11.8. The monoisotopic (exact) mass is 306 g/mol. The van der Waals surface area contributed by atoms with E-state index in [2.05, 4.69) is 20.6 Å². The Labute approximate surface area is 125 Å². The van der Waals surface area contributed by atoms with Crippen molar-refractivity contribution in [3.63, 3.8) is 0 Å². The van der Waals surface area contributed by atoms with E-state index in [4.69, 9.17) is 5.11 Å². The summed E-state index contributed by atoms with van der Waals surface area (Å²) in [5.41, 5.74) is 2.22. The van der Waals surface area contributed by atoms with Gasteiger partial charge in [-0.25, -0.2) is 14.6 Å². The summed E-state index contributed by atoms with van der Waals surface area (Å²) in [5.74, 6) is -1.08. The minimum absolute atomic E-state index is 0.0178. The Morgan fingerprint density at radius 3 is 2.67 bits per heavy atom. The molecule has 0 aliphatic rings. The molecule has 2 heterocycles. The molecule has 2 rings (SSSR count). The molecule has 2 amide bonds. The zero-order valence-corrected chi connectivity index (χ0v) is 12.3. The largest absolute Gasteiger partial charge is 0.476 e. The molecule has 0 unspecified atom stereocenters. The van der Waals surface area contributed by atoms with E-state index >= 15 is 0 Å². The van der Waals surface area contributed by atoms with E-state index in [1.807, 2.05) is 19.9 Å². The van der Waals surface area contributed by atoms with Gasteiger partial charge in [0.15, 0.2) is 5.69 Å². The first kappa shape index (κ1) is 14.9. The molecule has 2 aromatic heterocycles. The Hall–Kier alpha value is -2.48. The van der Waals surface area contributed by atoms with Gasteiger partial charge in [0.2, 0.25) is 0 Å². The highest BCUT2D eigenvalue weighted by molar-refractivity contribution is 7.09. The van der Waals surface area contributed by atoms with Gasteiger partial charge in [-0.05, 0) is 26.0 Å². The van der Waals surface area contributed by atoms with Crippen LogP contribution in [-0.2, 0) is 6.54 Å². The lowest BCUT2D eigenvalue weighted by atomic mass is 10.3. The van der Waals surface area contributed by atoms with Crippen LogP contribution in [0.5, 0.6) is 0 Å². The highest BCUT2D eigenvalue weighted by atomic mass is 32.1. The summed E-state index contributed by atoms with van der Waals surface area (Å²) in [5, 5.41) is 16.0. The molecule has 0 aromatic carbocycles. The van der Waals surface area contributed by atoms with Gasteiger partial charge >= 0.3 is 12.0 Å². The van der Waals surface area contributed by atoms with E-state index in [-0.39, 0.29) is 12.2 Å². The van der Waals surface area contributed by atoms with Gasteiger partial charge in [-0.15, -0.1) is 11.3 Å². The first-order valence-electron chi connectivity index (χ1n) is 6.12. The van der Waals surface area contributed by atoms with Crippen molar-refractivity contribution in [2.75, 3.05) is 5.32 Å². The highest BCUT2D eigenvalue weighted by Crippen LogP contribution is 2.13. The van der Waals surface area contributed by atoms with Crippen LogP contribution in [0, 0.1) is 13.8 Å². The van der Waals surface area contributed by atoms with Crippen LogP contribution in [0.3, 0.4) is 0 Å². The number of aromatic nitrogens is 2. The van der Waals surface area contributed by atoms with Crippen LogP contribution in [0.15, 0.2) is 17.5 Å². The average Bonchev–Trinajstić information content (AvgIpc) is 2.89. The molecular weight excluding hydrogens is 292 g/mol. The van der Waals surface area contributed by atoms with Crippen molar-refractivity contribution in [3.05, 3.63) is 39.6 Å². The van der Waals surface area contributed by atoms with Gasteiger partial charge in [0.25, 0.3) is 0 Å². The minimum Gasteiger partial charge on any atom is -0.476 e. The number of carbonyl (C=O) groups is 2. The topological polar surface area (TPSA) is 104 Å². The second-order valence-corrected chi connectivity index (χ2v) is 5.27. The summed E-state index contributed by atoms with van der Waals surface area (Å²) in [7, 11) is 0. The summed E-state index contributed by atoms with van der Waals surface area (Å²) in [4.78, 5) is 30.6. The molecule has 0 saturated heterocycles. The summed E-state index contributed by atoms with van der Waals surface area (Å²) in [6, 6.07) is 3.20. The number of hydrogen-bond donors (Lipinski definition) is 3. The Kier molecular flexibility index (Phi) is 4.49. The molecule has 2 aromatic rings. The number of thiazole rings is 1. The molecule has 0 atom stereocenters. The number of rotatable bonds is 4. The molecule has 21 heavy (non-hydrogen) atoms. The maximum absolute atomic E-state index is 11.8. The van der Waals surface area contributed by atoms with Gasteiger partial charge in [0, 0.05) is 11.1 Å². The molecule has 7 nitrogen and oxygen atoms in total. The Balaban J connectivity index is 1.91. The fourth-order valence-electron chi connectivity index (χ4n) is 1.63. The van der Waals surface area contributed by atoms with E-state index in [1.165, 1.54) is 16.7 Å². The van der Waals surface area contributed by atoms with Crippen LogP contribution in [0.4, 0.5) is 10.5 Å². The molecule has 0 saturated carbocycles. The van der Waals surface area contributed by atoms with Crippen LogP contribution in [0.1, 0.15) is 26.9 Å². The zero-order chi connectivity index (χ0) is 15.4. The lowest BCUT2D eigenvalue weighted by Gasteiger charge is -2.09. The first-order valence-corrected chi connectivity index (χ1v) is 7.00. The molecule has 8 heteroatoms. The summed E-state index contributed by atoms with van der Waals surface area (Å²) in [6.45, 7) is 3.85. The quantitative estimate of drug-likeness (QED) is 0.803. The SMILES string of the molecule is Cc1ccc(NC(=O)NCc2nc(C(=O)O)cs2)c(C)n1. The summed E-state index contributed by atoms with van der Waals surface area (Å²) < 4.78 is 0. The number of aryl methyl sites for hydroxylation is 2. The average molecular weight is 306 g/mol. The predicted molar refractivity (Wildman–Crippen MR) is 78.6 cm³/mol. The predicted octanol–water partition coefficient (Wildman–Crippen LogP) is 2.17. The van der Waals surface area contributed by atoms with Crippen LogP contribution < -0.4 is 10.6 Å². The molecule has 0 bridgehead atoms. The lowest BCUT2D eigenvalue weighted by Crippen LogP contribution is -2.28. The van der Waals surface area contributed by atoms with Gasteiger partial charge in [-0.2, -0.15) is 0 Å². The number of amides is 2. The maximum Gasteiger partial charge on any atom is 0.355 e. The van der Waals surface area contributed by atoms with Crippen molar-refractivity contribution in [1.82, 2.24) is 15.3 Å². The number of anilines is 1. The standard InChI is InChI=1S/C13H14N4O3S/c1-7-3-4-9(8(2)15-7)17-13(20)14-5-11-16-10(6-21-11)12(18)19/h3-4,6H,5H2,1-2H3,(H,18,19)(H2,14,17,20). The molecule has 0 fully saturated rings. The van der Waals surface area contributed by atoms with E-state index in [0.29, 0.717) is 10.7 Å². The number of carboxylic acid groups (broad SMARTS) is 1. The smallest absolute Gasteiger partial charge is 0.355 e. The molecular formula is C13H14N4O3S. The number of aromatic carboxylic acids is 1. The van der Waals surface area contributed by atoms with Crippen molar-refractivity contribution >= 4 is 29.0 Å². The normalized spacial score (nSPS) is 10.2. The lowest BCUT2D eigenvalue weighted by molar-refractivity contribution is 0.0691. The molecule has 3 N–H and O–H groups in total. The van der Waals surface area contributed by atoms with E-state index in [9.17, 15) is 9.59 Å². The second kappa shape index (κ2) is 6.31. The molecule has 0 aliphatic carbocycles.